The fourth-order valence-electron chi connectivity index (χ4n) is 0.372. The maximum Gasteiger partial charge on any atom is 0.509 e. The summed E-state index contributed by atoms with van der Waals surface area (Å²) in [6.07, 6.45) is -0.716. The van der Waals surface area contributed by atoms with E-state index in [-0.39, 0.29) is 13.2 Å². The van der Waals surface area contributed by atoms with E-state index in [4.69, 9.17) is 0 Å². The highest BCUT2D eigenvalue weighted by Crippen LogP contribution is 1.85. The molecule has 0 radical (unpaired) electrons. The number of hydrogen-bond donors (Lipinski definition) is 0. The van der Waals surface area contributed by atoms with Gasteiger partial charge in [0.05, 0.1) is 6.61 Å². The van der Waals surface area contributed by atoms with E-state index in [1.54, 1.807) is 0 Å². The maximum atomic E-state index is 10.6. The molecule has 68 valence electrons. The Morgan fingerprint density at radius 3 is 2.75 bits per heavy atom. The van der Waals surface area contributed by atoms with Gasteiger partial charge in [0.1, 0.15) is 6.61 Å². The van der Waals surface area contributed by atoms with Crippen LogP contribution in [0.2, 0.25) is 0 Å². The van der Waals surface area contributed by atoms with Gasteiger partial charge in [-0.1, -0.05) is 5.92 Å². The van der Waals surface area contributed by atoms with E-state index in [0.29, 0.717) is 6.61 Å². The van der Waals surface area contributed by atoms with E-state index in [1.807, 2.05) is 22.6 Å². The second kappa shape index (κ2) is 8.62. The van der Waals surface area contributed by atoms with Gasteiger partial charge in [-0.2, -0.15) is 0 Å². The summed E-state index contributed by atoms with van der Waals surface area (Å²) in [5.41, 5.74) is 0. The SMILES string of the molecule is COCCOC(=O)OCC#CI. The Morgan fingerprint density at radius 2 is 2.17 bits per heavy atom. The highest BCUT2D eigenvalue weighted by atomic mass is 127. The second-order valence-corrected chi connectivity index (χ2v) is 2.19. The molecule has 0 aliphatic rings. The largest absolute Gasteiger partial charge is 0.509 e. The average molecular weight is 284 g/mol. The fourth-order valence-corrected chi connectivity index (χ4v) is 0.528. The van der Waals surface area contributed by atoms with Crippen molar-refractivity contribution in [2.24, 2.45) is 0 Å². The fraction of sp³-hybridized carbons (Fsp3) is 0.571. The molecule has 0 unspecified atom stereocenters. The summed E-state index contributed by atoms with van der Waals surface area (Å²) in [5.74, 6) is 2.55. The molecule has 0 aromatic rings. The van der Waals surface area contributed by atoms with Crippen LogP contribution >= 0.6 is 22.6 Å². The molecule has 0 N–H and O–H groups in total. The smallest absolute Gasteiger partial charge is 0.432 e. The van der Waals surface area contributed by atoms with Crippen LogP contribution in [0.1, 0.15) is 0 Å². The molecule has 0 rings (SSSR count). The first-order valence-electron chi connectivity index (χ1n) is 3.18. The molecule has 0 aromatic carbocycles. The number of ether oxygens (including phenoxy) is 3. The average Bonchev–Trinajstić information content (AvgIpc) is 2.06. The zero-order valence-electron chi connectivity index (χ0n) is 6.63. The molecule has 0 aromatic heterocycles. The summed E-state index contributed by atoms with van der Waals surface area (Å²) in [4.78, 5) is 10.6. The van der Waals surface area contributed by atoms with Gasteiger partial charge in [-0.3, -0.25) is 0 Å². The van der Waals surface area contributed by atoms with Crippen molar-refractivity contribution in [3.8, 4) is 9.85 Å². The quantitative estimate of drug-likeness (QED) is 0.336. The van der Waals surface area contributed by atoms with Crippen molar-refractivity contribution in [3.05, 3.63) is 0 Å². The summed E-state index contributed by atoms with van der Waals surface area (Å²) in [6.45, 7) is 0.634. The zero-order valence-corrected chi connectivity index (χ0v) is 8.79. The number of carbonyl (C=O) groups is 1. The summed E-state index contributed by atoms with van der Waals surface area (Å²) < 4.78 is 16.3. The van der Waals surface area contributed by atoms with Crippen LogP contribution < -0.4 is 0 Å². The maximum absolute atomic E-state index is 10.6. The minimum absolute atomic E-state index is 0.0642. The Bertz CT molecular complexity index is 182. The molecule has 0 atom stereocenters. The van der Waals surface area contributed by atoms with Crippen LogP contribution in [0, 0.1) is 9.85 Å². The minimum Gasteiger partial charge on any atom is -0.432 e. The van der Waals surface area contributed by atoms with Crippen LogP contribution in [-0.4, -0.2) is 33.1 Å². The first kappa shape index (κ1) is 11.5. The van der Waals surface area contributed by atoms with Gasteiger partial charge in [-0.15, -0.1) is 0 Å². The number of hydrogen-bond acceptors (Lipinski definition) is 4. The molecule has 0 spiro atoms. The van der Waals surface area contributed by atoms with Crippen molar-refractivity contribution in [3.63, 3.8) is 0 Å². The van der Waals surface area contributed by atoms with Crippen LogP contribution in [0.25, 0.3) is 0 Å². The van der Waals surface area contributed by atoms with Gasteiger partial charge in [0, 0.05) is 29.7 Å². The van der Waals surface area contributed by atoms with Gasteiger partial charge in [-0.25, -0.2) is 4.79 Å². The molecule has 0 saturated heterocycles. The van der Waals surface area contributed by atoms with Crippen LogP contribution in [0.4, 0.5) is 4.79 Å². The lowest BCUT2D eigenvalue weighted by Crippen LogP contribution is -2.11. The predicted molar refractivity (Wildman–Crippen MR) is 51.0 cm³/mol. The molecule has 4 nitrogen and oxygen atoms in total. The molecule has 0 aliphatic carbocycles. The van der Waals surface area contributed by atoms with Gasteiger partial charge < -0.3 is 14.2 Å². The van der Waals surface area contributed by atoms with E-state index in [0.717, 1.165) is 0 Å². The standard InChI is InChI=1S/C7H9IO4/c1-10-5-6-12-7(9)11-4-2-3-8/h4-6H2,1H3. The Labute approximate surface area is 84.7 Å². The Hall–Kier alpha value is -0.480. The summed E-state index contributed by atoms with van der Waals surface area (Å²) in [5, 5.41) is 0. The molecule has 0 fully saturated rings. The molecule has 0 amide bonds. The van der Waals surface area contributed by atoms with Crippen molar-refractivity contribution in [2.75, 3.05) is 26.9 Å². The normalized spacial score (nSPS) is 8.17. The van der Waals surface area contributed by atoms with E-state index >= 15 is 0 Å². The first-order chi connectivity index (χ1) is 5.81. The first-order valence-corrected chi connectivity index (χ1v) is 4.26. The highest BCUT2D eigenvalue weighted by molar-refractivity contribution is 14.1. The van der Waals surface area contributed by atoms with E-state index in [9.17, 15) is 4.79 Å². The van der Waals surface area contributed by atoms with Crippen LogP contribution in [0.15, 0.2) is 0 Å². The van der Waals surface area contributed by atoms with Gasteiger partial charge in [0.2, 0.25) is 0 Å². The Balaban J connectivity index is 3.25. The zero-order chi connectivity index (χ0) is 9.23. The number of rotatable bonds is 4. The third-order valence-electron chi connectivity index (χ3n) is 0.836. The summed E-state index contributed by atoms with van der Waals surface area (Å²) in [6, 6.07) is 0. The van der Waals surface area contributed by atoms with Gasteiger partial charge in [-0.05, 0) is 3.93 Å². The number of halogens is 1. The lowest BCUT2D eigenvalue weighted by molar-refractivity contribution is 0.0436. The Morgan fingerprint density at radius 1 is 1.42 bits per heavy atom. The van der Waals surface area contributed by atoms with Gasteiger partial charge in [0.15, 0.2) is 6.61 Å². The topological polar surface area (TPSA) is 44.8 Å². The minimum atomic E-state index is -0.716. The molecule has 0 saturated carbocycles. The van der Waals surface area contributed by atoms with Crippen molar-refractivity contribution in [1.29, 1.82) is 0 Å². The van der Waals surface area contributed by atoms with Crippen LogP contribution in [0.5, 0.6) is 0 Å². The molecule has 0 bridgehead atoms. The van der Waals surface area contributed by atoms with Crippen molar-refractivity contribution < 1.29 is 19.0 Å². The van der Waals surface area contributed by atoms with Crippen LogP contribution in [-0.2, 0) is 14.2 Å². The number of carbonyl (C=O) groups excluding carboxylic acids is 1. The predicted octanol–water partition coefficient (Wildman–Crippen LogP) is 1.18. The van der Waals surface area contributed by atoms with E-state index in [1.165, 1.54) is 7.11 Å². The van der Waals surface area contributed by atoms with E-state index < -0.39 is 6.16 Å². The third-order valence-corrected chi connectivity index (χ3v) is 1.22. The van der Waals surface area contributed by atoms with Crippen molar-refractivity contribution in [1.82, 2.24) is 0 Å². The monoisotopic (exact) mass is 284 g/mol. The second-order valence-electron chi connectivity index (χ2n) is 1.65. The lowest BCUT2D eigenvalue weighted by Gasteiger charge is -2.01. The molecule has 0 heterocycles. The summed E-state index contributed by atoms with van der Waals surface area (Å²) >= 11 is 1.86. The molecule has 5 heteroatoms. The molecular formula is C7H9IO4. The summed E-state index contributed by atoms with van der Waals surface area (Å²) in [7, 11) is 1.52. The van der Waals surface area contributed by atoms with Crippen molar-refractivity contribution in [2.45, 2.75) is 0 Å². The number of methoxy groups -OCH3 is 1. The Kier molecular flexibility index (Phi) is 8.27. The molecule has 12 heavy (non-hydrogen) atoms. The highest BCUT2D eigenvalue weighted by Gasteiger charge is 2.00. The van der Waals surface area contributed by atoms with Crippen LogP contribution in [0.3, 0.4) is 0 Å². The van der Waals surface area contributed by atoms with Gasteiger partial charge in [0.25, 0.3) is 0 Å². The van der Waals surface area contributed by atoms with Gasteiger partial charge >= 0.3 is 6.16 Å². The van der Waals surface area contributed by atoms with E-state index in [2.05, 4.69) is 24.1 Å². The lowest BCUT2D eigenvalue weighted by atomic mass is 10.7. The third kappa shape index (κ3) is 7.63. The molecular weight excluding hydrogens is 275 g/mol. The van der Waals surface area contributed by atoms with Crippen molar-refractivity contribution >= 4 is 28.7 Å². The molecule has 0 aliphatic heterocycles.